The highest BCUT2D eigenvalue weighted by Gasteiger charge is 2.06. The zero-order chi connectivity index (χ0) is 15.1. The van der Waals surface area contributed by atoms with Crippen molar-refractivity contribution < 1.29 is 9.48 Å². The van der Waals surface area contributed by atoms with E-state index in [1.807, 2.05) is 0 Å². The summed E-state index contributed by atoms with van der Waals surface area (Å²) in [5.41, 5.74) is 0. The molecule has 0 aliphatic rings. The van der Waals surface area contributed by atoms with Gasteiger partial charge in [-0.05, 0) is 6.42 Å². The highest BCUT2D eigenvalue weighted by Crippen LogP contribution is 2.12. The van der Waals surface area contributed by atoms with Crippen molar-refractivity contribution in [2.75, 3.05) is 27.7 Å². The predicted octanol–water partition coefficient (Wildman–Crippen LogP) is 5.72. The van der Waals surface area contributed by atoms with Crippen molar-refractivity contribution in [3.63, 3.8) is 0 Å². The van der Waals surface area contributed by atoms with Crippen LogP contribution in [0.1, 0.15) is 90.4 Å². The highest BCUT2D eigenvalue weighted by molar-refractivity contribution is 4.48. The van der Waals surface area contributed by atoms with E-state index in [9.17, 15) is 0 Å². The van der Waals surface area contributed by atoms with Crippen molar-refractivity contribution in [1.82, 2.24) is 0 Å². The normalized spacial score (nSPS) is 12.0. The molecule has 0 N–H and O–H groups in total. The maximum absolute atomic E-state index is 5.67. The van der Waals surface area contributed by atoms with Crippen LogP contribution in [-0.4, -0.2) is 32.4 Å². The molecule has 0 bridgehead atoms. The van der Waals surface area contributed by atoms with Gasteiger partial charge in [-0.15, -0.1) is 0 Å². The van der Waals surface area contributed by atoms with Gasteiger partial charge in [0.1, 0.15) is 6.61 Å². The van der Waals surface area contributed by atoms with E-state index >= 15 is 0 Å². The van der Waals surface area contributed by atoms with Gasteiger partial charge in [-0.25, -0.2) is 4.84 Å². The summed E-state index contributed by atoms with van der Waals surface area (Å²) < 4.78 is 0.623. The van der Waals surface area contributed by atoms with Crippen LogP contribution in [-0.2, 0) is 4.84 Å². The lowest BCUT2D eigenvalue weighted by Crippen LogP contribution is -2.34. The third-order valence-corrected chi connectivity index (χ3v) is 3.73. The molecule has 122 valence electrons. The molecule has 0 amide bonds. The summed E-state index contributed by atoms with van der Waals surface area (Å²) in [7, 11) is 6.22. The predicted molar refractivity (Wildman–Crippen MR) is 89.7 cm³/mol. The molecule has 0 aliphatic heterocycles. The average Bonchev–Trinajstić information content (AvgIpc) is 2.38. The van der Waals surface area contributed by atoms with Gasteiger partial charge in [0.25, 0.3) is 0 Å². The Kier molecular flexibility index (Phi) is 13.8. The molecule has 0 saturated heterocycles. The van der Waals surface area contributed by atoms with E-state index in [2.05, 4.69) is 28.1 Å². The van der Waals surface area contributed by atoms with Crippen LogP contribution in [0.3, 0.4) is 0 Å². The Bertz CT molecular complexity index is 186. The van der Waals surface area contributed by atoms with Crippen LogP contribution in [0.4, 0.5) is 0 Å². The van der Waals surface area contributed by atoms with E-state index in [4.69, 9.17) is 4.84 Å². The first-order chi connectivity index (χ1) is 9.56. The molecule has 0 aliphatic carbocycles. The molecule has 20 heavy (non-hydrogen) atoms. The largest absolute Gasteiger partial charge is 0.204 e. The minimum atomic E-state index is 0.623. The fourth-order valence-corrected chi connectivity index (χ4v) is 2.46. The highest BCUT2D eigenvalue weighted by atomic mass is 16.7. The van der Waals surface area contributed by atoms with Gasteiger partial charge in [0, 0.05) is 0 Å². The van der Waals surface area contributed by atoms with Gasteiger partial charge in [0.2, 0.25) is 0 Å². The summed E-state index contributed by atoms with van der Waals surface area (Å²) in [6, 6.07) is 0. The van der Waals surface area contributed by atoms with Crippen LogP contribution < -0.4 is 0 Å². The second kappa shape index (κ2) is 13.9. The second-order valence-corrected chi connectivity index (χ2v) is 6.97. The molecule has 0 atom stereocenters. The minimum Gasteiger partial charge on any atom is -0.204 e. The van der Waals surface area contributed by atoms with Gasteiger partial charge in [-0.2, -0.15) is 4.65 Å². The molecule has 0 rings (SSSR count). The van der Waals surface area contributed by atoms with Crippen molar-refractivity contribution in [2.45, 2.75) is 90.4 Å². The Morgan fingerprint density at radius 1 is 0.550 bits per heavy atom. The van der Waals surface area contributed by atoms with E-state index in [0.717, 1.165) is 6.61 Å². The van der Waals surface area contributed by atoms with Crippen molar-refractivity contribution in [3.8, 4) is 0 Å². The van der Waals surface area contributed by atoms with Crippen molar-refractivity contribution >= 4 is 0 Å². The first-order valence-electron chi connectivity index (χ1n) is 9.02. The molecule has 0 saturated carbocycles. The summed E-state index contributed by atoms with van der Waals surface area (Å²) in [5, 5.41) is 0. The zero-order valence-corrected chi connectivity index (χ0v) is 14.8. The first kappa shape index (κ1) is 19.9. The number of nitrogens with zero attached hydrogens (tertiary/aromatic N) is 1. The Morgan fingerprint density at radius 3 is 1.25 bits per heavy atom. The standard InChI is InChI=1S/C18H40NO/c1-5-6-7-8-9-10-11-12-13-14-15-16-17-18-20-19(2,3)4/h5-18H2,1-4H3/q+1. The molecular weight excluding hydrogens is 246 g/mol. The zero-order valence-electron chi connectivity index (χ0n) is 14.8. The molecule has 0 aromatic heterocycles. The van der Waals surface area contributed by atoms with E-state index in [1.54, 1.807) is 0 Å². The Morgan fingerprint density at radius 2 is 0.900 bits per heavy atom. The summed E-state index contributed by atoms with van der Waals surface area (Å²) in [4.78, 5) is 5.67. The number of rotatable bonds is 15. The van der Waals surface area contributed by atoms with Gasteiger partial charge in [0.15, 0.2) is 0 Å². The average molecular weight is 287 g/mol. The smallest absolute Gasteiger partial charge is 0.106 e. The third kappa shape index (κ3) is 17.9. The number of hydroxylamine groups is 3. The van der Waals surface area contributed by atoms with Crippen molar-refractivity contribution in [2.24, 2.45) is 0 Å². The van der Waals surface area contributed by atoms with Crippen LogP contribution in [0.5, 0.6) is 0 Å². The molecule has 0 aromatic carbocycles. The Hall–Kier alpha value is -0.0800. The topological polar surface area (TPSA) is 9.23 Å². The molecule has 0 unspecified atom stereocenters. The minimum absolute atomic E-state index is 0.623. The lowest BCUT2D eigenvalue weighted by molar-refractivity contribution is -1.06. The Balaban J connectivity index is 2.99. The lowest BCUT2D eigenvalue weighted by Gasteiger charge is -2.20. The molecule has 0 fully saturated rings. The summed E-state index contributed by atoms with van der Waals surface area (Å²) in [6.45, 7) is 3.19. The lowest BCUT2D eigenvalue weighted by atomic mass is 10.0. The van der Waals surface area contributed by atoms with Gasteiger partial charge in [-0.3, -0.25) is 0 Å². The second-order valence-electron chi connectivity index (χ2n) is 6.97. The fourth-order valence-electron chi connectivity index (χ4n) is 2.46. The van der Waals surface area contributed by atoms with Crippen LogP contribution in [0.2, 0.25) is 0 Å². The summed E-state index contributed by atoms with van der Waals surface area (Å²) >= 11 is 0. The SMILES string of the molecule is CCCCCCCCCCCCCCCO[N+](C)(C)C. The quantitative estimate of drug-likeness (QED) is 0.213. The molecule has 0 spiro atoms. The van der Waals surface area contributed by atoms with Gasteiger partial charge < -0.3 is 0 Å². The van der Waals surface area contributed by atoms with Crippen LogP contribution in [0, 0.1) is 0 Å². The van der Waals surface area contributed by atoms with Crippen LogP contribution >= 0.6 is 0 Å². The maximum atomic E-state index is 5.67. The molecule has 0 heterocycles. The number of unbranched alkanes of at least 4 members (excludes halogenated alkanes) is 12. The van der Waals surface area contributed by atoms with Crippen LogP contribution in [0.25, 0.3) is 0 Å². The Labute approximate surface area is 128 Å². The molecule has 0 aromatic rings. The molecule has 2 heteroatoms. The summed E-state index contributed by atoms with van der Waals surface area (Å²) in [6.07, 6.45) is 18.3. The van der Waals surface area contributed by atoms with E-state index in [1.165, 1.54) is 83.5 Å². The van der Waals surface area contributed by atoms with E-state index in [-0.39, 0.29) is 0 Å². The monoisotopic (exact) mass is 286 g/mol. The van der Waals surface area contributed by atoms with Crippen molar-refractivity contribution in [3.05, 3.63) is 0 Å². The van der Waals surface area contributed by atoms with Gasteiger partial charge >= 0.3 is 0 Å². The van der Waals surface area contributed by atoms with Gasteiger partial charge in [0.05, 0.1) is 21.1 Å². The number of quaternary nitrogens is 1. The number of hydrogen-bond acceptors (Lipinski definition) is 1. The number of hydrogen-bond donors (Lipinski definition) is 0. The third-order valence-electron chi connectivity index (χ3n) is 3.73. The van der Waals surface area contributed by atoms with Crippen LogP contribution in [0.15, 0.2) is 0 Å². The molecule has 0 radical (unpaired) electrons. The molecular formula is C18H40NO+. The van der Waals surface area contributed by atoms with E-state index < -0.39 is 0 Å². The van der Waals surface area contributed by atoms with Gasteiger partial charge in [-0.1, -0.05) is 84.0 Å². The summed E-state index contributed by atoms with van der Waals surface area (Å²) in [5.74, 6) is 0. The molecule has 2 nitrogen and oxygen atoms in total. The van der Waals surface area contributed by atoms with Crippen molar-refractivity contribution in [1.29, 1.82) is 0 Å². The maximum Gasteiger partial charge on any atom is 0.106 e. The first-order valence-corrected chi connectivity index (χ1v) is 9.02. The fraction of sp³-hybridized carbons (Fsp3) is 1.00. The van der Waals surface area contributed by atoms with E-state index in [0.29, 0.717) is 4.65 Å².